The van der Waals surface area contributed by atoms with Crippen molar-refractivity contribution >= 4 is 11.8 Å². The number of hydrogen-bond donors (Lipinski definition) is 2. The molecule has 0 bridgehead atoms. The molecule has 2 aromatic carbocycles. The quantitative estimate of drug-likeness (QED) is 0.277. The Morgan fingerprint density at radius 3 is 1.30 bits per heavy atom. The summed E-state index contributed by atoms with van der Waals surface area (Å²) in [6.07, 6.45) is -1.39. The van der Waals surface area contributed by atoms with Crippen LogP contribution in [-0.2, 0) is 32.3 Å². The molecule has 2 atom stereocenters. The van der Waals surface area contributed by atoms with Gasteiger partial charge in [-0.05, 0) is 88.3 Å². The molecule has 2 rings (SSSR count). The van der Waals surface area contributed by atoms with Gasteiger partial charge >= 0.3 is 0 Å². The number of rotatable bonds is 9. The van der Waals surface area contributed by atoms with E-state index in [-0.39, 0.29) is 49.5 Å². The SMILES string of the molecule is C.CC(C)(C)NC(=O)C(OCc1cc(F)cc(F)c1)C(C)(C)C.CC(C)C(OCc1cc(F)cc(F)c1)C(=O)NC(C)(C)C. The van der Waals surface area contributed by atoms with E-state index in [1.165, 1.54) is 24.3 Å². The van der Waals surface area contributed by atoms with Gasteiger partial charge in [0.05, 0.1) is 13.2 Å². The third-order valence-corrected chi connectivity index (χ3v) is 5.58. The highest BCUT2D eigenvalue weighted by Gasteiger charge is 2.34. The van der Waals surface area contributed by atoms with Crippen LogP contribution in [0.4, 0.5) is 17.6 Å². The Bertz CT molecular complexity index is 1170. The molecular formula is C34H52F4N2O4. The van der Waals surface area contributed by atoms with Crippen molar-refractivity contribution in [2.75, 3.05) is 0 Å². The molecule has 0 aromatic heterocycles. The van der Waals surface area contributed by atoms with Gasteiger partial charge in [-0.2, -0.15) is 0 Å². The number of halogens is 4. The summed E-state index contributed by atoms with van der Waals surface area (Å²) in [6.45, 7) is 20.6. The smallest absolute Gasteiger partial charge is 0.250 e. The number of hydrogen-bond acceptors (Lipinski definition) is 4. The third-order valence-electron chi connectivity index (χ3n) is 5.58. The molecule has 0 aliphatic heterocycles. The molecule has 250 valence electrons. The van der Waals surface area contributed by atoms with Crippen molar-refractivity contribution in [3.8, 4) is 0 Å². The minimum atomic E-state index is -0.724. The molecule has 0 aliphatic carbocycles. The van der Waals surface area contributed by atoms with Crippen LogP contribution in [0.15, 0.2) is 36.4 Å². The van der Waals surface area contributed by atoms with Gasteiger partial charge in [0.1, 0.15) is 35.5 Å². The molecule has 0 spiro atoms. The summed E-state index contributed by atoms with van der Waals surface area (Å²) in [5, 5.41) is 5.72. The summed E-state index contributed by atoms with van der Waals surface area (Å²) in [5.74, 6) is -3.16. The Morgan fingerprint density at radius 2 is 0.977 bits per heavy atom. The normalized spacial score (nSPS) is 13.3. The number of ether oxygens (including phenoxy) is 2. The Balaban J connectivity index is 0.000000823. The van der Waals surface area contributed by atoms with Crippen molar-refractivity contribution in [1.82, 2.24) is 10.6 Å². The van der Waals surface area contributed by atoms with Crippen LogP contribution < -0.4 is 10.6 Å². The Hall–Kier alpha value is -2.98. The van der Waals surface area contributed by atoms with E-state index < -0.39 is 40.9 Å². The molecule has 0 aliphatic rings. The van der Waals surface area contributed by atoms with E-state index in [1.807, 2.05) is 76.2 Å². The van der Waals surface area contributed by atoms with Gasteiger partial charge in [0.25, 0.3) is 0 Å². The predicted octanol–water partition coefficient (Wildman–Crippen LogP) is 7.87. The third kappa shape index (κ3) is 16.2. The van der Waals surface area contributed by atoms with Gasteiger partial charge in [-0.25, -0.2) is 17.6 Å². The van der Waals surface area contributed by atoms with Gasteiger partial charge in [-0.3, -0.25) is 9.59 Å². The fourth-order valence-corrected chi connectivity index (χ4v) is 3.92. The second-order valence-corrected chi connectivity index (χ2v) is 14.1. The van der Waals surface area contributed by atoms with Gasteiger partial charge < -0.3 is 20.1 Å². The maximum atomic E-state index is 13.2. The summed E-state index contributed by atoms with van der Waals surface area (Å²) >= 11 is 0. The van der Waals surface area contributed by atoms with E-state index in [0.717, 1.165) is 12.1 Å². The lowest BCUT2D eigenvalue weighted by Gasteiger charge is -2.32. The fourth-order valence-electron chi connectivity index (χ4n) is 3.92. The maximum absolute atomic E-state index is 13.2. The van der Waals surface area contributed by atoms with Crippen molar-refractivity contribution in [2.24, 2.45) is 11.3 Å². The lowest BCUT2D eigenvalue weighted by Crippen LogP contribution is -2.50. The first-order chi connectivity index (χ1) is 19.5. The van der Waals surface area contributed by atoms with Gasteiger partial charge in [-0.15, -0.1) is 0 Å². The summed E-state index contributed by atoms with van der Waals surface area (Å²) in [4.78, 5) is 24.5. The topological polar surface area (TPSA) is 76.7 Å². The van der Waals surface area contributed by atoms with Crippen molar-refractivity contribution < 1.29 is 36.6 Å². The van der Waals surface area contributed by atoms with E-state index >= 15 is 0 Å². The van der Waals surface area contributed by atoms with Gasteiger partial charge in [0, 0.05) is 23.2 Å². The van der Waals surface area contributed by atoms with Crippen LogP contribution in [0.1, 0.15) is 94.7 Å². The molecule has 44 heavy (non-hydrogen) atoms. The van der Waals surface area contributed by atoms with Crippen LogP contribution in [0.5, 0.6) is 0 Å². The predicted molar refractivity (Wildman–Crippen MR) is 167 cm³/mol. The highest BCUT2D eigenvalue weighted by molar-refractivity contribution is 5.82. The molecule has 2 aromatic rings. The summed E-state index contributed by atoms with van der Waals surface area (Å²) < 4.78 is 63.8. The van der Waals surface area contributed by atoms with Gasteiger partial charge in [-0.1, -0.05) is 42.0 Å². The van der Waals surface area contributed by atoms with E-state index in [4.69, 9.17) is 9.47 Å². The largest absolute Gasteiger partial charge is 0.363 e. The number of benzene rings is 2. The minimum Gasteiger partial charge on any atom is -0.363 e. The van der Waals surface area contributed by atoms with E-state index in [1.54, 1.807) is 0 Å². The summed E-state index contributed by atoms with van der Waals surface area (Å²) in [7, 11) is 0. The van der Waals surface area contributed by atoms with Crippen LogP contribution >= 0.6 is 0 Å². The Labute approximate surface area is 261 Å². The molecule has 0 radical (unpaired) electrons. The van der Waals surface area contributed by atoms with Crippen LogP contribution in [0.25, 0.3) is 0 Å². The van der Waals surface area contributed by atoms with Crippen molar-refractivity contribution in [3.05, 3.63) is 70.8 Å². The minimum absolute atomic E-state index is 0. The molecule has 0 saturated heterocycles. The van der Waals surface area contributed by atoms with E-state index in [0.29, 0.717) is 11.1 Å². The molecule has 0 fully saturated rings. The van der Waals surface area contributed by atoms with Crippen molar-refractivity contribution in [3.63, 3.8) is 0 Å². The van der Waals surface area contributed by atoms with Crippen LogP contribution in [-0.4, -0.2) is 35.1 Å². The first-order valence-corrected chi connectivity index (χ1v) is 14.2. The van der Waals surface area contributed by atoms with Crippen molar-refractivity contribution in [1.29, 1.82) is 0 Å². The first kappa shape index (κ1) is 41.0. The number of amides is 2. The summed E-state index contributed by atoms with van der Waals surface area (Å²) in [5.41, 5.74) is -0.466. The Kier molecular flexibility index (Phi) is 15.8. The zero-order valence-corrected chi connectivity index (χ0v) is 27.3. The second kappa shape index (κ2) is 16.9. The van der Waals surface area contributed by atoms with Crippen LogP contribution in [0.3, 0.4) is 0 Å². The highest BCUT2D eigenvalue weighted by atomic mass is 19.1. The zero-order valence-electron chi connectivity index (χ0n) is 27.3. The monoisotopic (exact) mass is 628 g/mol. The second-order valence-electron chi connectivity index (χ2n) is 14.1. The molecular weight excluding hydrogens is 576 g/mol. The lowest BCUT2D eigenvalue weighted by molar-refractivity contribution is -0.143. The van der Waals surface area contributed by atoms with Crippen LogP contribution in [0.2, 0.25) is 0 Å². The molecule has 2 N–H and O–H groups in total. The first-order valence-electron chi connectivity index (χ1n) is 14.2. The highest BCUT2D eigenvalue weighted by Crippen LogP contribution is 2.25. The number of nitrogens with one attached hydrogen (secondary N) is 2. The molecule has 0 heterocycles. The Morgan fingerprint density at radius 1 is 0.636 bits per heavy atom. The number of carbonyl (C=O) groups is 2. The molecule has 2 amide bonds. The molecule has 6 nitrogen and oxygen atoms in total. The van der Waals surface area contributed by atoms with Crippen LogP contribution in [0, 0.1) is 34.6 Å². The maximum Gasteiger partial charge on any atom is 0.250 e. The van der Waals surface area contributed by atoms with Gasteiger partial charge in [0.15, 0.2) is 0 Å². The van der Waals surface area contributed by atoms with E-state index in [9.17, 15) is 27.2 Å². The van der Waals surface area contributed by atoms with E-state index in [2.05, 4.69) is 10.6 Å². The standard InChI is InChI=1S/C17H25F2NO2.C16H23F2NO2.CH4/c1-16(2,3)14(15(21)20-17(4,5)6)22-10-11-7-12(18)9-13(19)8-11;1-10(2)14(15(20)19-16(3,4)5)21-9-11-6-12(17)8-13(18)7-11;/h7-9,14H,10H2,1-6H3,(H,20,21);6-8,10,14H,9H2,1-5H3,(H,19,20);1H4. The zero-order chi connectivity index (χ0) is 33.3. The average Bonchev–Trinajstić information content (AvgIpc) is 2.75. The lowest BCUT2D eigenvalue weighted by atomic mass is 9.88. The van der Waals surface area contributed by atoms with Gasteiger partial charge in [0.2, 0.25) is 11.8 Å². The molecule has 2 unspecified atom stereocenters. The number of carbonyl (C=O) groups excluding carboxylic acids is 2. The molecule has 0 saturated carbocycles. The molecule has 10 heteroatoms. The van der Waals surface area contributed by atoms with Crippen molar-refractivity contribution in [2.45, 2.75) is 120 Å². The fraction of sp³-hybridized carbons (Fsp3) is 0.588. The summed E-state index contributed by atoms with van der Waals surface area (Å²) in [6, 6.07) is 6.39. The average molecular weight is 629 g/mol.